The van der Waals surface area contributed by atoms with E-state index in [1.807, 2.05) is 13.8 Å². The van der Waals surface area contributed by atoms with Crippen molar-refractivity contribution in [2.45, 2.75) is 128 Å². The van der Waals surface area contributed by atoms with Gasteiger partial charge < -0.3 is 35.4 Å². The van der Waals surface area contributed by atoms with Crippen molar-refractivity contribution in [1.82, 2.24) is 30.7 Å². The number of unbranched alkanes of at least 4 members (excludes halogenated alkanes) is 3. The summed E-state index contributed by atoms with van der Waals surface area (Å²) in [5.74, 6) is -6.59. The van der Waals surface area contributed by atoms with Crippen molar-refractivity contribution >= 4 is 41.4 Å². The fourth-order valence-electron chi connectivity index (χ4n) is 7.44. The van der Waals surface area contributed by atoms with Crippen LogP contribution in [0.4, 0.5) is 8.78 Å². The molecule has 308 valence electrons. The van der Waals surface area contributed by atoms with Crippen LogP contribution in [0.5, 0.6) is 0 Å². The van der Waals surface area contributed by atoms with Crippen molar-refractivity contribution in [3.8, 4) is 0 Å². The molecule has 3 saturated heterocycles. The van der Waals surface area contributed by atoms with Gasteiger partial charge in [0.15, 0.2) is 0 Å². The molecule has 7 atom stereocenters. The molecule has 0 radical (unpaired) electrons. The third-order valence-electron chi connectivity index (χ3n) is 10.8. The van der Waals surface area contributed by atoms with Gasteiger partial charge in [-0.05, 0) is 75.6 Å². The number of esters is 1. The lowest BCUT2D eigenvalue weighted by atomic mass is 9.99. The number of nitrogens with zero attached hydrogens (tertiary/aromatic N) is 3. The predicted molar refractivity (Wildman–Crippen MR) is 201 cm³/mol. The molecule has 0 aliphatic carbocycles. The molecule has 1 aromatic carbocycles. The SMILES string of the molecule is CCCC/C=C/C(=O)N[C@@H](Cc1cc(F)cc(F)c1)C(=O)N[C@H]1COC(=O)[C@@H]2C[C@@H](CCCC)CN2C(=O)[C@H](C)NC(=O)[C@H](C)N(C)C(=O)[C@@H]2CCCN2C1=O. The Bertz CT molecular complexity index is 1640. The van der Waals surface area contributed by atoms with Gasteiger partial charge in [-0.3, -0.25) is 28.8 Å². The van der Waals surface area contributed by atoms with Gasteiger partial charge in [0.1, 0.15) is 54.5 Å². The van der Waals surface area contributed by atoms with Crippen LogP contribution in [0, 0.1) is 17.6 Å². The first-order chi connectivity index (χ1) is 26.6. The zero-order valence-corrected chi connectivity index (χ0v) is 33.0. The van der Waals surface area contributed by atoms with E-state index in [4.69, 9.17) is 4.74 Å². The average molecular weight is 787 g/mol. The van der Waals surface area contributed by atoms with Crippen molar-refractivity contribution in [2.75, 3.05) is 26.7 Å². The Hall–Kier alpha value is -4.89. The minimum atomic E-state index is -1.57. The molecule has 0 saturated carbocycles. The Balaban J connectivity index is 1.69. The lowest BCUT2D eigenvalue weighted by molar-refractivity contribution is -0.158. The number of nitrogens with one attached hydrogen (secondary N) is 3. The highest BCUT2D eigenvalue weighted by Gasteiger charge is 2.45. The van der Waals surface area contributed by atoms with Crippen LogP contribution in [0.3, 0.4) is 0 Å². The highest BCUT2D eigenvalue weighted by molar-refractivity contribution is 5.98. The minimum absolute atomic E-state index is 0.0281. The van der Waals surface area contributed by atoms with E-state index < -0.39 is 95.9 Å². The molecule has 3 heterocycles. The number of cyclic esters (lactones) is 1. The molecule has 14 nitrogen and oxygen atoms in total. The molecule has 16 heteroatoms. The van der Waals surface area contributed by atoms with Crippen molar-refractivity contribution in [3.05, 3.63) is 47.5 Å². The number of rotatable bonds is 12. The van der Waals surface area contributed by atoms with Crippen molar-refractivity contribution < 1.29 is 47.1 Å². The minimum Gasteiger partial charge on any atom is -0.461 e. The second kappa shape index (κ2) is 20.3. The highest BCUT2D eigenvalue weighted by atomic mass is 19.1. The number of hydrogen-bond acceptors (Lipinski definition) is 8. The summed E-state index contributed by atoms with van der Waals surface area (Å²) in [4.78, 5) is 100.0. The van der Waals surface area contributed by atoms with E-state index in [1.54, 1.807) is 6.08 Å². The second-order valence-corrected chi connectivity index (χ2v) is 15.1. The molecule has 3 aliphatic heterocycles. The number of amides is 6. The van der Waals surface area contributed by atoms with Crippen LogP contribution >= 0.6 is 0 Å². The van der Waals surface area contributed by atoms with E-state index in [1.165, 1.54) is 41.7 Å². The zero-order valence-electron chi connectivity index (χ0n) is 33.0. The fraction of sp³-hybridized carbons (Fsp3) is 0.625. The van der Waals surface area contributed by atoms with Crippen LogP contribution < -0.4 is 16.0 Å². The van der Waals surface area contributed by atoms with Crippen molar-refractivity contribution in [1.29, 1.82) is 0 Å². The van der Waals surface area contributed by atoms with Crippen LogP contribution in [0.1, 0.15) is 91.0 Å². The van der Waals surface area contributed by atoms with Crippen molar-refractivity contribution in [3.63, 3.8) is 0 Å². The molecule has 3 aliphatic rings. The number of likely N-dealkylation sites (N-methyl/N-ethyl adjacent to an activating group) is 1. The van der Waals surface area contributed by atoms with E-state index in [-0.39, 0.29) is 37.4 Å². The molecule has 56 heavy (non-hydrogen) atoms. The Kier molecular flexibility index (Phi) is 15.9. The first kappa shape index (κ1) is 43.8. The Labute approximate surface area is 327 Å². The van der Waals surface area contributed by atoms with Gasteiger partial charge in [0, 0.05) is 32.6 Å². The molecule has 6 amide bonds. The summed E-state index contributed by atoms with van der Waals surface area (Å²) in [5.41, 5.74) is 0.0536. The standard InChI is InChI=1S/C40H56F2N6O8/c1-6-8-10-11-15-34(49)44-30(19-27-17-28(41)21-29(42)18-27)36(51)45-31-23-56-40(55)33-20-26(13-9-7-2)22-48(33)37(52)24(3)43-35(50)25(4)46(5)39(54)32-14-12-16-47(32)38(31)53/h11,15,17-18,21,24-26,30-33H,6-10,12-14,16,19-20,22-23H2,1-5H3,(H,43,50)(H,44,49)(H,45,51)/b15-11+/t24-,25-,26+,30-,31-,32-,33-/m0/s1. The Morgan fingerprint density at radius 2 is 1.66 bits per heavy atom. The molecule has 4 rings (SSSR count). The number of fused-ring (bicyclic) bond motifs is 2. The molecule has 0 bridgehead atoms. The summed E-state index contributed by atoms with van der Waals surface area (Å²) >= 11 is 0. The van der Waals surface area contributed by atoms with E-state index in [9.17, 15) is 42.3 Å². The van der Waals surface area contributed by atoms with E-state index in [0.29, 0.717) is 25.3 Å². The van der Waals surface area contributed by atoms with Crippen molar-refractivity contribution in [2.24, 2.45) is 5.92 Å². The molecule has 0 aromatic heterocycles. The van der Waals surface area contributed by atoms with Gasteiger partial charge in [0.05, 0.1) is 0 Å². The summed E-state index contributed by atoms with van der Waals surface area (Å²) < 4.78 is 34.1. The van der Waals surface area contributed by atoms with Gasteiger partial charge in [-0.1, -0.05) is 45.6 Å². The van der Waals surface area contributed by atoms with E-state index >= 15 is 0 Å². The molecule has 3 N–H and O–H groups in total. The van der Waals surface area contributed by atoms with Gasteiger partial charge in [-0.15, -0.1) is 0 Å². The summed E-state index contributed by atoms with van der Waals surface area (Å²) in [5, 5.41) is 7.83. The first-order valence-electron chi connectivity index (χ1n) is 19.7. The maximum atomic E-state index is 14.4. The number of hydrogen-bond donors (Lipinski definition) is 3. The lowest BCUT2D eigenvalue weighted by Crippen LogP contribution is -2.60. The molecule has 1 aromatic rings. The first-order valence-corrected chi connectivity index (χ1v) is 19.7. The number of ether oxygens (including phenoxy) is 1. The summed E-state index contributed by atoms with van der Waals surface area (Å²) in [6.45, 7) is 6.73. The number of halogens is 2. The molecule has 3 fully saturated rings. The lowest BCUT2D eigenvalue weighted by Gasteiger charge is -2.34. The van der Waals surface area contributed by atoms with Crippen LogP contribution in [0.2, 0.25) is 0 Å². The van der Waals surface area contributed by atoms with Crippen LogP contribution in [0.25, 0.3) is 0 Å². The maximum Gasteiger partial charge on any atom is 0.328 e. The molecule has 0 spiro atoms. The maximum absolute atomic E-state index is 14.4. The van der Waals surface area contributed by atoms with Crippen LogP contribution in [-0.4, -0.2) is 119 Å². The highest BCUT2D eigenvalue weighted by Crippen LogP contribution is 2.29. The number of carbonyl (C=O) groups excluding carboxylic acids is 7. The zero-order chi connectivity index (χ0) is 41.1. The number of carbonyl (C=O) groups is 7. The Morgan fingerprint density at radius 1 is 0.964 bits per heavy atom. The molecular formula is C40H56F2N6O8. The van der Waals surface area contributed by atoms with Gasteiger partial charge in [0.25, 0.3) is 0 Å². The average Bonchev–Trinajstić information content (AvgIpc) is 3.83. The number of allylic oxidation sites excluding steroid dienone is 1. The quantitative estimate of drug-likeness (QED) is 0.165. The second-order valence-electron chi connectivity index (χ2n) is 15.1. The molecule has 0 unspecified atom stereocenters. The normalized spacial score (nSPS) is 25.8. The fourth-order valence-corrected chi connectivity index (χ4v) is 7.44. The Morgan fingerprint density at radius 3 is 2.34 bits per heavy atom. The topological polar surface area (TPSA) is 175 Å². The van der Waals surface area contributed by atoms with Gasteiger partial charge in [0.2, 0.25) is 35.4 Å². The van der Waals surface area contributed by atoms with Gasteiger partial charge >= 0.3 is 5.97 Å². The monoisotopic (exact) mass is 786 g/mol. The third-order valence-corrected chi connectivity index (χ3v) is 10.8. The smallest absolute Gasteiger partial charge is 0.328 e. The van der Waals surface area contributed by atoms with E-state index in [2.05, 4.69) is 16.0 Å². The van der Waals surface area contributed by atoms with Gasteiger partial charge in [-0.25, -0.2) is 13.6 Å². The van der Waals surface area contributed by atoms with E-state index in [0.717, 1.165) is 44.2 Å². The predicted octanol–water partition coefficient (Wildman–Crippen LogP) is 2.53. The summed E-state index contributed by atoms with van der Waals surface area (Å²) in [6, 6.07) is -4.39. The van der Waals surface area contributed by atoms with Crippen LogP contribution in [-0.2, 0) is 44.7 Å². The summed E-state index contributed by atoms with van der Waals surface area (Å²) in [6.07, 6.45) is 8.34. The summed E-state index contributed by atoms with van der Waals surface area (Å²) in [7, 11) is 1.43. The van der Waals surface area contributed by atoms with Crippen LogP contribution in [0.15, 0.2) is 30.4 Å². The van der Waals surface area contributed by atoms with Gasteiger partial charge in [-0.2, -0.15) is 0 Å². The third kappa shape index (κ3) is 11.3. The number of benzene rings is 1. The largest absolute Gasteiger partial charge is 0.461 e. The molecular weight excluding hydrogens is 730 g/mol.